The largest absolute Gasteiger partial charge is 0.456 e. The van der Waals surface area contributed by atoms with Gasteiger partial charge in [0.25, 0.3) is 0 Å². The Balaban J connectivity index is 1.19. The third kappa shape index (κ3) is 4.20. The van der Waals surface area contributed by atoms with E-state index < -0.39 is 0 Å². The Morgan fingerprint density at radius 1 is 0.396 bits per heavy atom. The fraction of sp³-hybridized carbons (Fsp3) is 0. The highest BCUT2D eigenvalue weighted by Gasteiger charge is 2.21. The summed E-state index contributed by atoms with van der Waals surface area (Å²) >= 11 is 0. The number of pyridine rings is 1. The quantitative estimate of drug-likeness (QED) is 0.196. The van der Waals surface area contributed by atoms with Crippen LogP contribution >= 0.6 is 0 Å². The molecule has 0 atom stereocenters. The van der Waals surface area contributed by atoms with Gasteiger partial charge in [-0.05, 0) is 58.3 Å². The maximum Gasteiger partial charge on any atom is 0.183 e. The van der Waals surface area contributed by atoms with Gasteiger partial charge in [0.1, 0.15) is 28.0 Å². The van der Waals surface area contributed by atoms with Gasteiger partial charge in [0, 0.05) is 33.5 Å². The summed E-state index contributed by atoms with van der Waals surface area (Å²) in [6, 6.07) is 47.1. The molecule has 0 aliphatic heterocycles. The minimum atomic E-state index is 0.468. The number of aromatic nitrogens is 4. The van der Waals surface area contributed by atoms with Crippen LogP contribution in [0.3, 0.4) is 0 Å². The predicted molar refractivity (Wildman–Crippen MR) is 191 cm³/mol. The molecule has 0 saturated carbocycles. The summed E-state index contributed by atoms with van der Waals surface area (Å²) in [5.41, 5.74) is 7.68. The maximum absolute atomic E-state index is 6.47. The van der Waals surface area contributed by atoms with E-state index in [9.17, 15) is 0 Å². The van der Waals surface area contributed by atoms with E-state index in [0.29, 0.717) is 23.2 Å². The molecule has 0 saturated heterocycles. The second kappa shape index (κ2) is 10.4. The first-order valence-corrected chi connectivity index (χ1v) is 15.8. The zero-order chi connectivity index (χ0) is 31.6. The lowest BCUT2D eigenvalue weighted by atomic mass is 10.00. The molecule has 0 radical (unpaired) electrons. The fourth-order valence-corrected chi connectivity index (χ4v) is 6.72. The highest BCUT2D eigenvalue weighted by Crippen LogP contribution is 2.39. The summed E-state index contributed by atoms with van der Waals surface area (Å²) in [6.45, 7) is 0. The van der Waals surface area contributed by atoms with Crippen LogP contribution in [0.25, 0.3) is 100 Å². The normalized spacial score (nSPS) is 11.8. The molecule has 4 aromatic heterocycles. The first-order chi connectivity index (χ1) is 23.8. The number of rotatable bonds is 4. The number of benzene rings is 6. The van der Waals surface area contributed by atoms with Crippen molar-refractivity contribution in [1.82, 2.24) is 19.9 Å². The van der Waals surface area contributed by atoms with Gasteiger partial charge in [-0.1, -0.05) is 103 Å². The van der Waals surface area contributed by atoms with Crippen molar-refractivity contribution in [3.63, 3.8) is 0 Å². The van der Waals surface area contributed by atoms with E-state index in [1.54, 1.807) is 6.20 Å². The average Bonchev–Trinajstić information content (AvgIpc) is 3.73. The molecule has 4 heterocycles. The molecule has 0 amide bonds. The lowest BCUT2D eigenvalue weighted by molar-refractivity contribution is 0.668. The number of para-hydroxylation sites is 1. The first-order valence-electron chi connectivity index (χ1n) is 15.8. The highest BCUT2D eigenvalue weighted by molar-refractivity contribution is 6.13. The summed E-state index contributed by atoms with van der Waals surface area (Å²) in [7, 11) is 0. The Morgan fingerprint density at radius 3 is 2.02 bits per heavy atom. The number of nitrogens with zero attached hydrogens (tertiary/aromatic N) is 4. The van der Waals surface area contributed by atoms with E-state index in [2.05, 4.69) is 66.7 Å². The van der Waals surface area contributed by atoms with Crippen LogP contribution in [0.2, 0.25) is 0 Å². The van der Waals surface area contributed by atoms with Gasteiger partial charge < -0.3 is 8.83 Å². The minimum Gasteiger partial charge on any atom is -0.456 e. The lowest BCUT2D eigenvalue weighted by Crippen LogP contribution is -2.01. The molecule has 224 valence electrons. The summed E-state index contributed by atoms with van der Waals surface area (Å²) in [4.78, 5) is 20.0. The summed E-state index contributed by atoms with van der Waals surface area (Å²) in [5.74, 6) is 1.57. The maximum atomic E-state index is 6.47. The molecule has 0 aliphatic rings. The van der Waals surface area contributed by atoms with Crippen molar-refractivity contribution in [2.45, 2.75) is 0 Å². The summed E-state index contributed by atoms with van der Waals surface area (Å²) in [5, 5.41) is 6.19. The van der Waals surface area contributed by atoms with Crippen LogP contribution < -0.4 is 0 Å². The Hall–Kier alpha value is -6.66. The molecule has 0 spiro atoms. The van der Waals surface area contributed by atoms with E-state index in [4.69, 9.17) is 28.8 Å². The summed E-state index contributed by atoms with van der Waals surface area (Å²) < 4.78 is 12.7. The SMILES string of the molecule is c1ccc(-c2nc(-c3cccc4oc5ccccc5c34)nc(-c3nccc4oc5cc(-c6ccc7ccccc7c6)ccc5c34)n2)cc1. The van der Waals surface area contributed by atoms with Gasteiger partial charge in [0.05, 0.1) is 5.39 Å². The Kier molecular flexibility index (Phi) is 5.77. The van der Waals surface area contributed by atoms with Gasteiger partial charge in [-0.25, -0.2) is 15.0 Å². The van der Waals surface area contributed by atoms with Gasteiger partial charge in [0.15, 0.2) is 17.5 Å². The molecular formula is C42H24N4O2. The molecular weight excluding hydrogens is 592 g/mol. The molecule has 10 rings (SSSR count). The molecule has 6 heteroatoms. The zero-order valence-electron chi connectivity index (χ0n) is 25.5. The molecule has 0 fully saturated rings. The van der Waals surface area contributed by atoms with Crippen LogP contribution in [-0.4, -0.2) is 19.9 Å². The van der Waals surface area contributed by atoms with Gasteiger partial charge in [-0.3, -0.25) is 4.98 Å². The van der Waals surface area contributed by atoms with Gasteiger partial charge in [0.2, 0.25) is 0 Å². The van der Waals surface area contributed by atoms with Crippen molar-refractivity contribution in [2.24, 2.45) is 0 Å². The van der Waals surface area contributed by atoms with Crippen molar-refractivity contribution in [2.75, 3.05) is 0 Å². The van der Waals surface area contributed by atoms with Crippen molar-refractivity contribution >= 4 is 54.6 Å². The first kappa shape index (κ1) is 26.5. The average molecular weight is 617 g/mol. The Morgan fingerprint density at radius 2 is 1.08 bits per heavy atom. The third-order valence-electron chi connectivity index (χ3n) is 8.99. The predicted octanol–water partition coefficient (Wildman–Crippen LogP) is 10.9. The van der Waals surface area contributed by atoms with E-state index in [1.807, 2.05) is 72.8 Å². The van der Waals surface area contributed by atoms with Crippen molar-refractivity contribution in [1.29, 1.82) is 0 Å². The molecule has 10 aromatic rings. The number of hydrogen-bond acceptors (Lipinski definition) is 6. The summed E-state index contributed by atoms with van der Waals surface area (Å²) in [6.07, 6.45) is 1.75. The second-order valence-corrected chi connectivity index (χ2v) is 11.9. The van der Waals surface area contributed by atoms with Crippen molar-refractivity contribution in [3.05, 3.63) is 146 Å². The van der Waals surface area contributed by atoms with Gasteiger partial charge in [-0.15, -0.1) is 0 Å². The molecule has 0 N–H and O–H groups in total. The minimum absolute atomic E-state index is 0.468. The second-order valence-electron chi connectivity index (χ2n) is 11.9. The van der Waals surface area contributed by atoms with E-state index in [0.717, 1.165) is 66.1 Å². The molecule has 48 heavy (non-hydrogen) atoms. The monoisotopic (exact) mass is 616 g/mol. The van der Waals surface area contributed by atoms with Crippen LogP contribution in [0.1, 0.15) is 0 Å². The van der Waals surface area contributed by atoms with Crippen LogP contribution in [0.15, 0.2) is 155 Å². The lowest BCUT2D eigenvalue weighted by Gasteiger charge is -2.09. The number of furan rings is 2. The fourth-order valence-electron chi connectivity index (χ4n) is 6.72. The van der Waals surface area contributed by atoms with Crippen molar-refractivity contribution < 1.29 is 8.83 Å². The van der Waals surface area contributed by atoms with E-state index in [1.165, 1.54) is 10.8 Å². The topological polar surface area (TPSA) is 77.8 Å². The van der Waals surface area contributed by atoms with Crippen molar-refractivity contribution in [3.8, 4) is 45.4 Å². The molecule has 6 nitrogen and oxygen atoms in total. The Bertz CT molecular complexity index is 2850. The van der Waals surface area contributed by atoms with Crippen LogP contribution in [0, 0.1) is 0 Å². The smallest absolute Gasteiger partial charge is 0.183 e. The number of hydrogen-bond donors (Lipinski definition) is 0. The van der Waals surface area contributed by atoms with Gasteiger partial charge >= 0.3 is 0 Å². The van der Waals surface area contributed by atoms with E-state index in [-0.39, 0.29) is 0 Å². The third-order valence-corrected chi connectivity index (χ3v) is 8.99. The van der Waals surface area contributed by atoms with E-state index >= 15 is 0 Å². The number of fused-ring (bicyclic) bond motifs is 7. The van der Waals surface area contributed by atoms with Crippen LogP contribution in [0.4, 0.5) is 0 Å². The molecule has 0 bridgehead atoms. The van der Waals surface area contributed by atoms with Crippen LogP contribution in [-0.2, 0) is 0 Å². The van der Waals surface area contributed by atoms with Gasteiger partial charge in [-0.2, -0.15) is 0 Å². The highest BCUT2D eigenvalue weighted by atomic mass is 16.3. The Labute approximate surface area is 274 Å². The molecule has 0 aliphatic carbocycles. The zero-order valence-corrected chi connectivity index (χ0v) is 25.5. The molecule has 0 unspecified atom stereocenters. The standard InChI is InChI=1S/C42H24N4O2/c1-2-10-26(11-3-1)40-44-41(32-14-8-16-34-37(32)30-13-6-7-15-33(30)47-34)46-42(45-40)39-38-31-20-19-29(24-36(31)48-35(38)21-22-43-39)28-18-17-25-9-4-5-12-27(25)23-28/h1-24H. The van der Waals surface area contributed by atoms with Crippen LogP contribution in [0.5, 0.6) is 0 Å². The molecule has 6 aromatic carbocycles.